The molecule has 0 radical (unpaired) electrons. The molecule has 5 rings (SSSR count). The molecule has 5 nitrogen and oxygen atoms in total. The van der Waals surface area contributed by atoms with Crippen LogP contribution >= 0.6 is 0 Å². The monoisotopic (exact) mass is 421 g/mol. The number of ether oxygens (including phenoxy) is 1. The number of amides is 1. The third-order valence-corrected chi connectivity index (χ3v) is 6.52. The van der Waals surface area contributed by atoms with E-state index in [1.807, 2.05) is 30.4 Å². The Kier molecular flexibility index (Phi) is 5.00. The number of halogens is 1. The summed E-state index contributed by atoms with van der Waals surface area (Å²) in [4.78, 5) is 24.9. The summed E-state index contributed by atoms with van der Waals surface area (Å²) in [5.41, 5.74) is 2.81. The number of ketones is 1. The molecule has 0 bridgehead atoms. The lowest BCUT2D eigenvalue weighted by atomic mass is 9.87. The summed E-state index contributed by atoms with van der Waals surface area (Å²) in [6, 6.07) is 10.6. The van der Waals surface area contributed by atoms with Crippen LogP contribution in [-0.2, 0) is 0 Å². The highest BCUT2D eigenvalue weighted by Gasteiger charge is 2.32. The second kappa shape index (κ2) is 7.84. The van der Waals surface area contributed by atoms with Crippen LogP contribution in [0.2, 0.25) is 0 Å². The van der Waals surface area contributed by atoms with Crippen LogP contribution in [0.4, 0.5) is 9.18 Å². The zero-order valence-electron chi connectivity index (χ0n) is 17.1. The molecule has 2 fully saturated rings. The number of hydrogen-bond acceptors (Lipinski definition) is 3. The van der Waals surface area contributed by atoms with Crippen LogP contribution in [0.3, 0.4) is 0 Å². The van der Waals surface area contributed by atoms with E-state index in [0.717, 1.165) is 42.6 Å². The van der Waals surface area contributed by atoms with Crippen molar-refractivity contribution in [3.63, 3.8) is 0 Å². The standard InChI is InChI=1S/C25H24FNO4/c26-21-14-18(23(28)16-4-5-16)6-8-20(21)22-9-7-17-2-1-3-19(24(17)31-22)15-10-12-27(13-11-15)25(29)30/h1-3,6-9,14-16,22H,4-5,10-13H2,(H,29,30)/t22-/m1/s1. The van der Waals surface area contributed by atoms with E-state index in [9.17, 15) is 19.1 Å². The predicted octanol–water partition coefficient (Wildman–Crippen LogP) is 5.42. The molecule has 3 aliphatic rings. The van der Waals surface area contributed by atoms with E-state index in [1.54, 1.807) is 12.1 Å². The van der Waals surface area contributed by atoms with E-state index >= 15 is 0 Å². The summed E-state index contributed by atoms with van der Waals surface area (Å²) >= 11 is 0. The molecule has 1 amide bonds. The lowest BCUT2D eigenvalue weighted by molar-refractivity contribution is 0.0966. The summed E-state index contributed by atoms with van der Waals surface area (Å²) in [5, 5.41) is 9.20. The molecule has 2 heterocycles. The van der Waals surface area contributed by atoms with Gasteiger partial charge >= 0.3 is 6.09 Å². The number of benzene rings is 2. The summed E-state index contributed by atoms with van der Waals surface area (Å²) in [6.07, 6.45) is 5.56. The number of nitrogens with zero attached hydrogens (tertiary/aromatic N) is 1. The highest BCUT2D eigenvalue weighted by molar-refractivity contribution is 5.99. The Balaban J connectivity index is 1.38. The molecular formula is C25H24FNO4. The van der Waals surface area contributed by atoms with Gasteiger partial charge in [0.1, 0.15) is 17.7 Å². The van der Waals surface area contributed by atoms with E-state index in [-0.39, 0.29) is 17.6 Å². The Labute approximate surface area is 180 Å². The van der Waals surface area contributed by atoms with E-state index < -0.39 is 18.0 Å². The first-order valence-corrected chi connectivity index (χ1v) is 10.8. The lowest BCUT2D eigenvalue weighted by Crippen LogP contribution is -2.36. The number of fused-ring (bicyclic) bond motifs is 1. The fourth-order valence-corrected chi connectivity index (χ4v) is 4.56. The highest BCUT2D eigenvalue weighted by Crippen LogP contribution is 2.42. The molecule has 2 aliphatic heterocycles. The smallest absolute Gasteiger partial charge is 0.407 e. The van der Waals surface area contributed by atoms with Gasteiger partial charge < -0.3 is 14.7 Å². The Hall–Kier alpha value is -3.15. The molecule has 160 valence electrons. The van der Waals surface area contributed by atoms with Crippen molar-refractivity contribution < 1.29 is 23.8 Å². The van der Waals surface area contributed by atoms with Gasteiger partial charge in [0.15, 0.2) is 5.78 Å². The first-order chi connectivity index (χ1) is 15.0. The second-order valence-electron chi connectivity index (χ2n) is 8.58. The van der Waals surface area contributed by atoms with Crippen molar-refractivity contribution in [2.75, 3.05) is 13.1 Å². The van der Waals surface area contributed by atoms with Crippen LogP contribution in [0, 0.1) is 11.7 Å². The molecule has 1 N–H and O–H groups in total. The predicted molar refractivity (Wildman–Crippen MR) is 114 cm³/mol. The SMILES string of the molecule is O=C(c1ccc([C@H]2C=Cc3cccc(C4CCN(C(=O)O)CC4)c3O2)c(F)c1)C1CC1. The summed E-state index contributed by atoms with van der Waals surface area (Å²) in [5.74, 6) is 0.572. The molecule has 31 heavy (non-hydrogen) atoms. The quantitative estimate of drug-likeness (QED) is 0.669. The Morgan fingerprint density at radius 3 is 2.48 bits per heavy atom. The third-order valence-electron chi connectivity index (χ3n) is 6.52. The van der Waals surface area contributed by atoms with E-state index in [0.29, 0.717) is 24.2 Å². The molecule has 1 saturated heterocycles. The molecule has 1 atom stereocenters. The number of likely N-dealkylation sites (tertiary alicyclic amines) is 1. The first kappa shape index (κ1) is 19.8. The molecule has 2 aromatic carbocycles. The fourth-order valence-electron chi connectivity index (χ4n) is 4.56. The van der Waals surface area contributed by atoms with Crippen LogP contribution in [0.1, 0.15) is 64.8 Å². The number of hydrogen-bond donors (Lipinski definition) is 1. The van der Waals surface area contributed by atoms with Gasteiger partial charge in [-0.15, -0.1) is 0 Å². The van der Waals surface area contributed by atoms with Crippen molar-refractivity contribution >= 4 is 18.0 Å². The third kappa shape index (κ3) is 3.82. The van der Waals surface area contributed by atoms with Crippen molar-refractivity contribution in [3.05, 3.63) is 70.5 Å². The van der Waals surface area contributed by atoms with Crippen molar-refractivity contribution in [2.45, 2.75) is 37.7 Å². The van der Waals surface area contributed by atoms with E-state index in [4.69, 9.17) is 4.74 Å². The largest absolute Gasteiger partial charge is 0.481 e. The minimum Gasteiger partial charge on any atom is -0.481 e. The normalized spacial score (nSPS) is 20.8. The van der Waals surface area contributed by atoms with Crippen molar-refractivity contribution in [3.8, 4) is 5.75 Å². The molecule has 6 heteroatoms. The zero-order chi connectivity index (χ0) is 21.5. The van der Waals surface area contributed by atoms with Gasteiger partial charge in [-0.1, -0.05) is 36.4 Å². The number of para-hydroxylation sites is 1. The van der Waals surface area contributed by atoms with Crippen molar-refractivity contribution in [1.82, 2.24) is 4.90 Å². The molecule has 0 unspecified atom stereocenters. The molecule has 1 saturated carbocycles. The Bertz CT molecular complexity index is 1070. The van der Waals surface area contributed by atoms with Crippen LogP contribution in [0.5, 0.6) is 5.75 Å². The van der Waals surface area contributed by atoms with Gasteiger partial charge in [-0.25, -0.2) is 9.18 Å². The average Bonchev–Trinajstić information content (AvgIpc) is 3.63. The van der Waals surface area contributed by atoms with Crippen LogP contribution in [-0.4, -0.2) is 35.0 Å². The Morgan fingerprint density at radius 1 is 1.03 bits per heavy atom. The van der Waals surface area contributed by atoms with E-state index in [1.165, 1.54) is 11.0 Å². The van der Waals surface area contributed by atoms with Gasteiger partial charge in [0.05, 0.1) is 0 Å². The summed E-state index contributed by atoms with van der Waals surface area (Å²) in [6.45, 7) is 0.988. The van der Waals surface area contributed by atoms with Gasteiger partial charge in [-0.2, -0.15) is 0 Å². The average molecular weight is 421 g/mol. The van der Waals surface area contributed by atoms with Gasteiger partial charge in [-0.3, -0.25) is 4.79 Å². The maximum atomic E-state index is 14.9. The van der Waals surface area contributed by atoms with Gasteiger partial charge in [0, 0.05) is 35.7 Å². The fraction of sp³-hybridized carbons (Fsp3) is 0.360. The number of piperidine rings is 1. The second-order valence-corrected chi connectivity index (χ2v) is 8.58. The van der Waals surface area contributed by atoms with E-state index in [2.05, 4.69) is 0 Å². The molecular weight excluding hydrogens is 397 g/mol. The number of carbonyl (C=O) groups is 2. The molecule has 2 aromatic rings. The summed E-state index contributed by atoms with van der Waals surface area (Å²) in [7, 11) is 0. The summed E-state index contributed by atoms with van der Waals surface area (Å²) < 4.78 is 21.2. The molecule has 1 aliphatic carbocycles. The van der Waals surface area contributed by atoms with Crippen LogP contribution < -0.4 is 4.74 Å². The minimum absolute atomic E-state index is 0.0193. The van der Waals surface area contributed by atoms with Gasteiger partial charge in [-0.05, 0) is 49.3 Å². The molecule has 0 aromatic heterocycles. The maximum Gasteiger partial charge on any atom is 0.407 e. The van der Waals surface area contributed by atoms with Crippen molar-refractivity contribution in [1.29, 1.82) is 0 Å². The maximum absolute atomic E-state index is 14.9. The lowest BCUT2D eigenvalue weighted by Gasteiger charge is -2.32. The number of rotatable bonds is 4. The number of carboxylic acid groups (broad SMARTS) is 1. The number of carbonyl (C=O) groups excluding carboxylic acids is 1. The van der Waals surface area contributed by atoms with Gasteiger partial charge in [0.2, 0.25) is 0 Å². The zero-order valence-corrected chi connectivity index (χ0v) is 17.1. The van der Waals surface area contributed by atoms with Gasteiger partial charge in [0.25, 0.3) is 0 Å². The van der Waals surface area contributed by atoms with Crippen LogP contribution in [0.25, 0.3) is 6.08 Å². The minimum atomic E-state index is -0.883. The number of Topliss-reactive ketones (excluding diaryl/α,β-unsaturated/α-hetero) is 1. The van der Waals surface area contributed by atoms with Crippen molar-refractivity contribution in [2.24, 2.45) is 5.92 Å². The molecule has 0 spiro atoms. The Morgan fingerprint density at radius 2 is 1.81 bits per heavy atom. The first-order valence-electron chi connectivity index (χ1n) is 10.8. The topological polar surface area (TPSA) is 66.8 Å². The van der Waals surface area contributed by atoms with Crippen LogP contribution in [0.15, 0.2) is 42.5 Å². The highest BCUT2D eigenvalue weighted by atomic mass is 19.1.